The van der Waals surface area contributed by atoms with Gasteiger partial charge in [-0.1, -0.05) is 42.1 Å². The number of carbonyl (C=O) groups is 2. The highest BCUT2D eigenvalue weighted by molar-refractivity contribution is 7.99. The number of nitrogens with two attached hydrogens (primary N) is 1. The van der Waals surface area contributed by atoms with Crippen LogP contribution in [0.4, 0.5) is 5.69 Å². The largest absolute Gasteiger partial charge is 0.366 e. The van der Waals surface area contributed by atoms with E-state index in [0.717, 1.165) is 16.4 Å². The smallest absolute Gasteiger partial charge is 0.250 e. The number of primary amides is 1. The van der Waals surface area contributed by atoms with Gasteiger partial charge in [-0.05, 0) is 30.7 Å². The molecular weight excluding hydrogens is 348 g/mol. The fourth-order valence-electron chi connectivity index (χ4n) is 2.54. The predicted molar refractivity (Wildman–Crippen MR) is 103 cm³/mol. The number of nitrogens with zero attached hydrogens (tertiary/aromatic N) is 2. The topological polar surface area (TPSA) is 90.0 Å². The maximum Gasteiger partial charge on any atom is 0.250 e. The average Bonchev–Trinajstić information content (AvgIpc) is 3.09. The highest BCUT2D eigenvalue weighted by atomic mass is 32.2. The Bertz CT molecular complexity index is 952. The molecule has 0 fully saturated rings. The third-order valence-corrected chi connectivity index (χ3v) is 4.75. The van der Waals surface area contributed by atoms with E-state index in [9.17, 15) is 9.59 Å². The van der Waals surface area contributed by atoms with Crippen molar-refractivity contribution in [1.82, 2.24) is 9.55 Å². The molecule has 26 heavy (non-hydrogen) atoms. The summed E-state index contributed by atoms with van der Waals surface area (Å²) in [6.45, 7) is 2.03. The number of imidazole rings is 1. The van der Waals surface area contributed by atoms with Crippen molar-refractivity contribution in [2.24, 2.45) is 5.73 Å². The molecular formula is C19H18N4O2S. The molecule has 2 aromatic carbocycles. The van der Waals surface area contributed by atoms with Crippen LogP contribution in [0.3, 0.4) is 0 Å². The molecule has 3 rings (SSSR count). The van der Waals surface area contributed by atoms with E-state index < -0.39 is 5.91 Å². The van der Waals surface area contributed by atoms with E-state index in [1.54, 1.807) is 30.5 Å². The van der Waals surface area contributed by atoms with Gasteiger partial charge in [0.2, 0.25) is 5.91 Å². The van der Waals surface area contributed by atoms with Crippen LogP contribution >= 0.6 is 11.8 Å². The van der Waals surface area contributed by atoms with Crippen LogP contribution in [0.5, 0.6) is 0 Å². The normalized spacial score (nSPS) is 10.5. The van der Waals surface area contributed by atoms with E-state index in [1.807, 2.05) is 42.0 Å². The van der Waals surface area contributed by atoms with E-state index in [4.69, 9.17) is 5.73 Å². The average molecular weight is 366 g/mol. The molecule has 6 nitrogen and oxygen atoms in total. The van der Waals surface area contributed by atoms with Crippen LogP contribution in [0.2, 0.25) is 0 Å². The Morgan fingerprint density at radius 1 is 1.15 bits per heavy atom. The lowest BCUT2D eigenvalue weighted by molar-refractivity contribution is -0.113. The van der Waals surface area contributed by atoms with E-state index >= 15 is 0 Å². The molecule has 0 saturated carbocycles. The first-order valence-electron chi connectivity index (χ1n) is 7.97. The number of nitrogens with one attached hydrogen (secondary N) is 1. The molecule has 0 aliphatic carbocycles. The maximum atomic E-state index is 12.3. The minimum atomic E-state index is -0.580. The van der Waals surface area contributed by atoms with Gasteiger partial charge in [-0.2, -0.15) is 0 Å². The van der Waals surface area contributed by atoms with E-state index in [-0.39, 0.29) is 17.2 Å². The van der Waals surface area contributed by atoms with Gasteiger partial charge in [0, 0.05) is 12.4 Å². The second-order valence-corrected chi connectivity index (χ2v) is 6.56. The predicted octanol–water partition coefficient (Wildman–Crippen LogP) is 3.01. The number of para-hydroxylation sites is 2. The Labute approximate surface area is 155 Å². The Morgan fingerprint density at radius 2 is 1.88 bits per heavy atom. The lowest BCUT2D eigenvalue weighted by atomic mass is 10.1. The van der Waals surface area contributed by atoms with Crippen LogP contribution < -0.4 is 11.1 Å². The van der Waals surface area contributed by atoms with Crippen molar-refractivity contribution in [1.29, 1.82) is 0 Å². The molecule has 0 saturated heterocycles. The third-order valence-electron chi connectivity index (χ3n) is 3.78. The number of hydrogen-bond donors (Lipinski definition) is 2. The number of hydrogen-bond acceptors (Lipinski definition) is 4. The molecule has 0 bridgehead atoms. The van der Waals surface area contributed by atoms with Crippen LogP contribution in [0, 0.1) is 6.92 Å². The molecule has 132 valence electrons. The summed E-state index contributed by atoms with van der Waals surface area (Å²) in [5.41, 5.74) is 8.16. The number of rotatable bonds is 6. The third kappa shape index (κ3) is 3.94. The number of thioether (sulfide) groups is 1. The molecule has 0 unspecified atom stereocenters. The van der Waals surface area contributed by atoms with Gasteiger partial charge in [0.05, 0.1) is 22.7 Å². The molecule has 2 amide bonds. The molecule has 7 heteroatoms. The monoisotopic (exact) mass is 366 g/mol. The van der Waals surface area contributed by atoms with Crippen molar-refractivity contribution in [3.05, 3.63) is 72.1 Å². The van der Waals surface area contributed by atoms with E-state index in [1.165, 1.54) is 11.8 Å². The first-order chi connectivity index (χ1) is 12.6. The quantitative estimate of drug-likeness (QED) is 0.656. The number of aryl methyl sites for hydroxylation is 1. The second-order valence-electron chi connectivity index (χ2n) is 5.61. The zero-order valence-electron chi connectivity index (χ0n) is 14.2. The van der Waals surface area contributed by atoms with Crippen molar-refractivity contribution in [3.8, 4) is 5.69 Å². The number of amides is 2. The summed E-state index contributed by atoms with van der Waals surface area (Å²) in [6.07, 6.45) is 3.57. The van der Waals surface area contributed by atoms with Gasteiger partial charge < -0.3 is 11.1 Å². The fraction of sp³-hybridized carbons (Fsp3) is 0.105. The lowest BCUT2D eigenvalue weighted by Crippen LogP contribution is -2.19. The summed E-state index contributed by atoms with van der Waals surface area (Å²) >= 11 is 1.32. The van der Waals surface area contributed by atoms with Gasteiger partial charge in [-0.3, -0.25) is 14.2 Å². The molecule has 0 atom stereocenters. The van der Waals surface area contributed by atoms with Crippen LogP contribution in [0.15, 0.2) is 66.1 Å². The van der Waals surface area contributed by atoms with Crippen LogP contribution in [-0.2, 0) is 4.79 Å². The van der Waals surface area contributed by atoms with Crippen molar-refractivity contribution in [2.45, 2.75) is 12.1 Å². The maximum absolute atomic E-state index is 12.3. The summed E-state index contributed by atoms with van der Waals surface area (Å²) in [6, 6.07) is 14.6. The molecule has 3 N–H and O–H groups in total. The molecule has 0 aliphatic heterocycles. The molecule has 1 heterocycles. The number of carbonyl (C=O) groups excluding carboxylic acids is 2. The summed E-state index contributed by atoms with van der Waals surface area (Å²) in [7, 11) is 0. The molecule has 0 radical (unpaired) electrons. The van der Waals surface area contributed by atoms with Crippen LogP contribution in [0.25, 0.3) is 5.69 Å². The number of benzene rings is 2. The first-order valence-corrected chi connectivity index (χ1v) is 8.95. The Balaban J connectivity index is 1.69. The molecule has 0 spiro atoms. The Morgan fingerprint density at radius 3 is 2.65 bits per heavy atom. The van der Waals surface area contributed by atoms with Gasteiger partial charge in [-0.25, -0.2) is 4.98 Å². The number of aromatic nitrogens is 2. The summed E-state index contributed by atoms with van der Waals surface area (Å²) < 4.78 is 1.95. The minimum Gasteiger partial charge on any atom is -0.366 e. The summed E-state index contributed by atoms with van der Waals surface area (Å²) in [5, 5.41) is 3.45. The number of anilines is 1. The van der Waals surface area contributed by atoms with Gasteiger partial charge in [0.1, 0.15) is 0 Å². The minimum absolute atomic E-state index is 0.163. The molecule has 1 aromatic heterocycles. The Kier molecular flexibility index (Phi) is 5.38. The molecule has 3 aromatic rings. The van der Waals surface area contributed by atoms with Gasteiger partial charge in [-0.15, -0.1) is 0 Å². The lowest BCUT2D eigenvalue weighted by Gasteiger charge is -2.11. The van der Waals surface area contributed by atoms with Crippen LogP contribution in [-0.4, -0.2) is 27.1 Å². The zero-order valence-corrected chi connectivity index (χ0v) is 15.0. The van der Waals surface area contributed by atoms with Gasteiger partial charge in [0.25, 0.3) is 5.91 Å². The second kappa shape index (κ2) is 7.88. The van der Waals surface area contributed by atoms with Gasteiger partial charge >= 0.3 is 0 Å². The van der Waals surface area contributed by atoms with Crippen molar-refractivity contribution < 1.29 is 9.59 Å². The standard InChI is InChI=1S/C19H18N4O2S/c1-13-6-2-5-9-16(13)23-11-10-21-19(23)26-12-17(24)22-15-8-4-3-7-14(15)18(20)25/h2-11H,12H2,1H3,(H2,20,25)(H,22,24). The van der Waals surface area contributed by atoms with E-state index in [0.29, 0.717) is 5.69 Å². The van der Waals surface area contributed by atoms with Crippen molar-refractivity contribution in [2.75, 3.05) is 11.1 Å². The van der Waals surface area contributed by atoms with Crippen molar-refractivity contribution in [3.63, 3.8) is 0 Å². The SMILES string of the molecule is Cc1ccccc1-n1ccnc1SCC(=O)Nc1ccccc1C(N)=O. The summed E-state index contributed by atoms with van der Waals surface area (Å²) in [4.78, 5) is 28.0. The van der Waals surface area contributed by atoms with Gasteiger partial charge in [0.15, 0.2) is 5.16 Å². The summed E-state index contributed by atoms with van der Waals surface area (Å²) in [5.74, 6) is -0.651. The van der Waals surface area contributed by atoms with Crippen LogP contribution in [0.1, 0.15) is 15.9 Å². The fourth-order valence-corrected chi connectivity index (χ4v) is 3.30. The first kappa shape index (κ1) is 17.8. The highest BCUT2D eigenvalue weighted by Gasteiger charge is 2.13. The van der Waals surface area contributed by atoms with Crippen molar-refractivity contribution >= 4 is 29.3 Å². The molecule has 0 aliphatic rings. The highest BCUT2D eigenvalue weighted by Crippen LogP contribution is 2.23. The Hall–Kier alpha value is -3.06. The zero-order chi connectivity index (χ0) is 18.5. The van der Waals surface area contributed by atoms with E-state index in [2.05, 4.69) is 10.3 Å².